The lowest BCUT2D eigenvalue weighted by Crippen LogP contribution is -2.55. The summed E-state index contributed by atoms with van der Waals surface area (Å²) in [6.45, 7) is 5.73. The summed E-state index contributed by atoms with van der Waals surface area (Å²) in [6.07, 6.45) is 0.364. The number of carbonyl (C=O) groups excluding carboxylic acids is 2. The molecule has 3 rings (SSSR count). The van der Waals surface area contributed by atoms with Crippen LogP contribution in [0.15, 0.2) is 78.9 Å². The molecule has 184 valence electrons. The molecule has 0 radical (unpaired) electrons. The topological polar surface area (TPSA) is 58.6 Å². The Labute approximate surface area is 217 Å². The van der Waals surface area contributed by atoms with Gasteiger partial charge in [0.05, 0.1) is 5.02 Å². The predicted molar refractivity (Wildman–Crippen MR) is 141 cm³/mol. The normalized spacial score (nSPS) is 12.0. The second kappa shape index (κ2) is 12.1. The van der Waals surface area contributed by atoms with Crippen molar-refractivity contribution in [1.82, 2.24) is 10.2 Å². The highest BCUT2D eigenvalue weighted by Gasteiger charge is 2.32. The zero-order chi connectivity index (χ0) is 25.4. The third-order valence-corrected chi connectivity index (χ3v) is 5.74. The van der Waals surface area contributed by atoms with Crippen molar-refractivity contribution in [2.24, 2.45) is 0 Å². The summed E-state index contributed by atoms with van der Waals surface area (Å²) < 4.78 is 5.74. The molecule has 35 heavy (non-hydrogen) atoms. The average molecular weight is 513 g/mol. The van der Waals surface area contributed by atoms with Gasteiger partial charge in [-0.2, -0.15) is 0 Å². The van der Waals surface area contributed by atoms with E-state index in [1.165, 1.54) is 0 Å². The number of ether oxygens (including phenoxy) is 1. The van der Waals surface area contributed by atoms with Crippen LogP contribution >= 0.6 is 23.2 Å². The Morgan fingerprint density at radius 2 is 1.51 bits per heavy atom. The maximum absolute atomic E-state index is 13.6. The van der Waals surface area contributed by atoms with Gasteiger partial charge >= 0.3 is 0 Å². The summed E-state index contributed by atoms with van der Waals surface area (Å²) in [4.78, 5) is 28.6. The van der Waals surface area contributed by atoms with Gasteiger partial charge in [-0.25, -0.2) is 0 Å². The molecule has 1 unspecified atom stereocenters. The quantitative estimate of drug-likeness (QED) is 0.386. The fourth-order valence-corrected chi connectivity index (χ4v) is 4.06. The SMILES string of the molecule is CC(C)(C)NC(=O)C(Cc1ccccc1)N(Cc1ccccc1)C(=O)COc1ccc(Cl)cc1Cl. The highest BCUT2D eigenvalue weighted by atomic mass is 35.5. The lowest BCUT2D eigenvalue weighted by atomic mass is 10.0. The van der Waals surface area contributed by atoms with Crippen LogP contribution in [0, 0.1) is 0 Å². The number of benzene rings is 3. The van der Waals surface area contributed by atoms with Gasteiger partial charge in [0.25, 0.3) is 5.91 Å². The zero-order valence-corrected chi connectivity index (χ0v) is 21.6. The van der Waals surface area contributed by atoms with Crippen molar-refractivity contribution in [3.63, 3.8) is 0 Å². The van der Waals surface area contributed by atoms with E-state index in [1.54, 1.807) is 23.1 Å². The minimum atomic E-state index is -0.742. The summed E-state index contributed by atoms with van der Waals surface area (Å²) in [5.41, 5.74) is 1.40. The standard InChI is InChI=1S/C28H30Cl2N2O3/c1-28(2,3)31-27(34)24(16-20-10-6-4-7-11-20)32(18-21-12-8-5-9-13-21)26(33)19-35-25-15-14-22(29)17-23(25)30/h4-15,17,24H,16,18-19H2,1-3H3,(H,31,34). The van der Waals surface area contributed by atoms with Gasteiger partial charge in [0, 0.05) is 23.5 Å². The first-order valence-corrected chi connectivity index (χ1v) is 12.1. The molecule has 7 heteroatoms. The van der Waals surface area contributed by atoms with Gasteiger partial charge in [0.1, 0.15) is 11.8 Å². The Balaban J connectivity index is 1.91. The molecule has 3 aromatic rings. The van der Waals surface area contributed by atoms with Crippen LogP contribution in [0.2, 0.25) is 10.0 Å². The smallest absolute Gasteiger partial charge is 0.261 e. The molecule has 2 amide bonds. The average Bonchev–Trinajstić information content (AvgIpc) is 2.81. The predicted octanol–water partition coefficient (Wildman–Crippen LogP) is 5.93. The molecule has 0 aliphatic rings. The van der Waals surface area contributed by atoms with Gasteiger partial charge in [0.15, 0.2) is 6.61 Å². The summed E-state index contributed by atoms with van der Waals surface area (Å²) >= 11 is 12.2. The number of carbonyl (C=O) groups is 2. The zero-order valence-electron chi connectivity index (χ0n) is 20.1. The Kier molecular flexibility index (Phi) is 9.19. The van der Waals surface area contributed by atoms with Gasteiger partial charge < -0.3 is 15.0 Å². The van der Waals surface area contributed by atoms with Gasteiger partial charge in [0.2, 0.25) is 5.91 Å². The van der Waals surface area contributed by atoms with E-state index in [1.807, 2.05) is 81.4 Å². The van der Waals surface area contributed by atoms with E-state index in [0.717, 1.165) is 11.1 Å². The molecule has 0 fully saturated rings. The summed E-state index contributed by atoms with van der Waals surface area (Å²) in [5, 5.41) is 3.82. The number of rotatable bonds is 9. The third kappa shape index (κ3) is 8.30. The van der Waals surface area contributed by atoms with Crippen molar-refractivity contribution in [3.8, 4) is 5.75 Å². The summed E-state index contributed by atoms with van der Waals surface area (Å²) in [6, 6.07) is 23.3. The molecule has 0 saturated carbocycles. The molecule has 0 spiro atoms. The fraction of sp³-hybridized carbons (Fsp3) is 0.286. The molecular weight excluding hydrogens is 483 g/mol. The van der Waals surface area contributed by atoms with Crippen molar-refractivity contribution in [1.29, 1.82) is 0 Å². The number of hydrogen-bond acceptors (Lipinski definition) is 3. The van der Waals surface area contributed by atoms with Gasteiger partial charge in [-0.05, 0) is 50.1 Å². The van der Waals surface area contributed by atoms with Crippen LogP contribution in [0.1, 0.15) is 31.9 Å². The number of nitrogens with one attached hydrogen (secondary N) is 1. The lowest BCUT2D eigenvalue weighted by molar-refractivity contribution is -0.143. The molecule has 1 atom stereocenters. The molecule has 0 heterocycles. The Morgan fingerprint density at radius 1 is 0.914 bits per heavy atom. The molecule has 0 aromatic heterocycles. The van der Waals surface area contributed by atoms with Crippen molar-refractivity contribution < 1.29 is 14.3 Å². The van der Waals surface area contributed by atoms with E-state index in [0.29, 0.717) is 22.2 Å². The van der Waals surface area contributed by atoms with Crippen LogP contribution in [-0.2, 0) is 22.6 Å². The number of amides is 2. The van der Waals surface area contributed by atoms with E-state index in [2.05, 4.69) is 5.32 Å². The first kappa shape index (κ1) is 26.6. The van der Waals surface area contributed by atoms with Gasteiger partial charge in [-0.15, -0.1) is 0 Å². The first-order chi connectivity index (χ1) is 16.6. The molecule has 0 saturated heterocycles. The van der Waals surface area contributed by atoms with Crippen LogP contribution < -0.4 is 10.1 Å². The maximum Gasteiger partial charge on any atom is 0.261 e. The van der Waals surface area contributed by atoms with Crippen LogP contribution in [0.4, 0.5) is 0 Å². The molecule has 1 N–H and O–H groups in total. The highest BCUT2D eigenvalue weighted by molar-refractivity contribution is 6.35. The largest absolute Gasteiger partial charge is 0.482 e. The van der Waals surface area contributed by atoms with Gasteiger partial charge in [-0.3, -0.25) is 9.59 Å². The molecule has 5 nitrogen and oxygen atoms in total. The number of halogens is 2. The highest BCUT2D eigenvalue weighted by Crippen LogP contribution is 2.27. The minimum absolute atomic E-state index is 0.227. The van der Waals surface area contributed by atoms with Crippen molar-refractivity contribution in [2.45, 2.75) is 45.3 Å². The van der Waals surface area contributed by atoms with Crippen LogP contribution in [0.25, 0.3) is 0 Å². The molecular formula is C28H30Cl2N2O3. The van der Waals surface area contributed by atoms with Crippen LogP contribution in [0.3, 0.4) is 0 Å². The Morgan fingerprint density at radius 3 is 2.09 bits per heavy atom. The lowest BCUT2D eigenvalue weighted by Gasteiger charge is -2.33. The van der Waals surface area contributed by atoms with E-state index in [9.17, 15) is 9.59 Å². The van der Waals surface area contributed by atoms with E-state index < -0.39 is 11.6 Å². The molecule has 0 aliphatic carbocycles. The Hall–Kier alpha value is -3.02. The first-order valence-electron chi connectivity index (χ1n) is 11.4. The summed E-state index contributed by atoms with van der Waals surface area (Å²) in [5.74, 6) is -0.206. The number of nitrogens with zero attached hydrogens (tertiary/aromatic N) is 1. The van der Waals surface area contributed by atoms with E-state index >= 15 is 0 Å². The fourth-order valence-electron chi connectivity index (χ4n) is 3.60. The van der Waals surface area contributed by atoms with Crippen LogP contribution in [0.5, 0.6) is 5.75 Å². The van der Waals surface area contributed by atoms with Crippen molar-refractivity contribution >= 4 is 35.0 Å². The number of hydrogen-bond donors (Lipinski definition) is 1. The third-order valence-electron chi connectivity index (χ3n) is 5.21. The van der Waals surface area contributed by atoms with Crippen molar-refractivity contribution in [3.05, 3.63) is 100 Å². The van der Waals surface area contributed by atoms with Crippen LogP contribution in [-0.4, -0.2) is 34.9 Å². The second-order valence-electron chi connectivity index (χ2n) is 9.32. The van der Waals surface area contributed by atoms with Gasteiger partial charge in [-0.1, -0.05) is 83.9 Å². The molecule has 3 aromatic carbocycles. The second-order valence-corrected chi connectivity index (χ2v) is 10.2. The molecule has 0 bridgehead atoms. The molecule has 0 aliphatic heterocycles. The summed E-state index contributed by atoms with van der Waals surface area (Å²) in [7, 11) is 0. The van der Waals surface area contributed by atoms with E-state index in [4.69, 9.17) is 27.9 Å². The maximum atomic E-state index is 13.6. The van der Waals surface area contributed by atoms with Crippen molar-refractivity contribution in [2.75, 3.05) is 6.61 Å². The monoisotopic (exact) mass is 512 g/mol. The van der Waals surface area contributed by atoms with E-state index in [-0.39, 0.29) is 25.0 Å². The minimum Gasteiger partial charge on any atom is -0.482 e. The Bertz CT molecular complexity index is 1130.